The topological polar surface area (TPSA) is 79.0 Å². The van der Waals surface area contributed by atoms with Crippen molar-refractivity contribution in [2.45, 2.75) is 32.6 Å². The summed E-state index contributed by atoms with van der Waals surface area (Å²) in [6, 6.07) is 30.4. The van der Waals surface area contributed by atoms with Crippen molar-refractivity contribution in [2.24, 2.45) is 0 Å². The molecule has 5 rings (SSSR count). The van der Waals surface area contributed by atoms with Crippen LogP contribution in [-0.4, -0.2) is 31.3 Å². The van der Waals surface area contributed by atoms with Crippen LogP contribution in [-0.2, 0) is 29.0 Å². The lowest BCUT2D eigenvalue weighted by molar-refractivity contribution is -0.271. The van der Waals surface area contributed by atoms with Gasteiger partial charge in [0.15, 0.2) is 0 Å². The highest BCUT2D eigenvalue weighted by Crippen LogP contribution is 2.30. The van der Waals surface area contributed by atoms with Crippen molar-refractivity contribution in [3.05, 3.63) is 119 Å². The minimum atomic E-state index is -0.396. The molecule has 7 heteroatoms. The molecule has 0 bridgehead atoms. The highest BCUT2D eigenvalue weighted by atomic mass is 17.2. The molecule has 0 amide bonds. The molecule has 216 valence electrons. The van der Waals surface area contributed by atoms with Crippen LogP contribution >= 0.6 is 0 Å². The molecule has 1 aromatic heterocycles. The number of aryl methyl sites for hydroxylation is 1. The Labute approximate surface area is 245 Å². The van der Waals surface area contributed by atoms with Crippen LogP contribution in [0.4, 0.5) is 0 Å². The average molecular weight is 566 g/mol. The molecule has 0 aliphatic heterocycles. The lowest BCUT2D eigenvalue weighted by Gasteiger charge is -2.14. The molecule has 42 heavy (non-hydrogen) atoms. The van der Waals surface area contributed by atoms with Crippen LogP contribution in [0.25, 0.3) is 10.9 Å². The van der Waals surface area contributed by atoms with Crippen molar-refractivity contribution in [1.29, 1.82) is 0 Å². The smallest absolute Gasteiger partial charge is 0.343 e. The predicted molar refractivity (Wildman–Crippen MR) is 163 cm³/mol. The summed E-state index contributed by atoms with van der Waals surface area (Å²) in [6.45, 7) is 3.23. The summed E-state index contributed by atoms with van der Waals surface area (Å²) in [4.78, 5) is 25.5. The summed E-state index contributed by atoms with van der Waals surface area (Å²) < 4.78 is 17.8. The summed E-state index contributed by atoms with van der Waals surface area (Å²) in [5, 5.41) is 1.18. The summed E-state index contributed by atoms with van der Waals surface area (Å²) in [5.41, 5.74) is 5.05. The molecule has 0 fully saturated rings. The lowest BCUT2D eigenvalue weighted by atomic mass is 10.1. The van der Waals surface area contributed by atoms with Crippen molar-refractivity contribution in [2.75, 3.05) is 20.3 Å². The first-order valence-corrected chi connectivity index (χ1v) is 14.2. The molecule has 0 spiro atoms. The van der Waals surface area contributed by atoms with E-state index in [1.54, 1.807) is 48.5 Å². The first kappa shape index (κ1) is 28.9. The number of esters is 1. The largest absolute Gasteiger partial charge is 0.493 e. The number of aromatic amines is 1. The lowest BCUT2D eigenvalue weighted by Crippen LogP contribution is -2.07. The van der Waals surface area contributed by atoms with Crippen molar-refractivity contribution in [1.82, 2.24) is 4.98 Å². The molecular weight excluding hydrogens is 530 g/mol. The van der Waals surface area contributed by atoms with Gasteiger partial charge < -0.3 is 19.2 Å². The van der Waals surface area contributed by atoms with Crippen molar-refractivity contribution < 1.29 is 28.8 Å². The van der Waals surface area contributed by atoms with Gasteiger partial charge in [0.1, 0.15) is 23.0 Å². The van der Waals surface area contributed by atoms with E-state index in [-0.39, 0.29) is 0 Å². The third-order valence-corrected chi connectivity index (χ3v) is 6.79. The highest BCUT2D eigenvalue weighted by Gasteiger charge is 2.10. The maximum Gasteiger partial charge on any atom is 0.343 e. The summed E-state index contributed by atoms with van der Waals surface area (Å²) >= 11 is 0. The van der Waals surface area contributed by atoms with Gasteiger partial charge in [0, 0.05) is 17.6 Å². The molecule has 0 aliphatic rings. The van der Waals surface area contributed by atoms with Gasteiger partial charge in [-0.05, 0) is 102 Å². The number of rotatable bonds is 14. The van der Waals surface area contributed by atoms with Gasteiger partial charge in [0.05, 0.1) is 25.9 Å². The van der Waals surface area contributed by atoms with Crippen LogP contribution in [0, 0.1) is 0 Å². The Hall–Kier alpha value is -4.59. The number of carbonyl (C=O) groups is 1. The summed E-state index contributed by atoms with van der Waals surface area (Å²) in [6.07, 6.45) is 3.43. The summed E-state index contributed by atoms with van der Waals surface area (Å²) in [5.74, 6) is 2.30. The van der Waals surface area contributed by atoms with Crippen LogP contribution in [0.2, 0.25) is 0 Å². The van der Waals surface area contributed by atoms with E-state index in [2.05, 4.69) is 41.1 Å². The quantitative estimate of drug-likeness (QED) is 0.0485. The van der Waals surface area contributed by atoms with Crippen LogP contribution in [0.15, 0.2) is 97.1 Å². The number of benzene rings is 4. The number of aromatic nitrogens is 1. The summed E-state index contributed by atoms with van der Waals surface area (Å²) in [7, 11) is 1.52. The first-order valence-electron chi connectivity index (χ1n) is 14.2. The van der Waals surface area contributed by atoms with Crippen LogP contribution < -0.4 is 14.2 Å². The second-order valence-electron chi connectivity index (χ2n) is 9.90. The Morgan fingerprint density at radius 2 is 1.55 bits per heavy atom. The van der Waals surface area contributed by atoms with Crippen LogP contribution in [0.5, 0.6) is 23.0 Å². The number of fused-ring (bicyclic) bond motifs is 1. The van der Waals surface area contributed by atoms with E-state index < -0.39 is 5.97 Å². The van der Waals surface area contributed by atoms with Gasteiger partial charge in [-0.15, -0.1) is 0 Å². The van der Waals surface area contributed by atoms with E-state index in [1.807, 2.05) is 24.3 Å². The van der Waals surface area contributed by atoms with Gasteiger partial charge in [-0.25, -0.2) is 14.6 Å². The molecule has 0 aliphatic carbocycles. The third kappa shape index (κ3) is 7.78. The van der Waals surface area contributed by atoms with E-state index >= 15 is 0 Å². The molecule has 0 saturated carbocycles. The van der Waals surface area contributed by atoms with Gasteiger partial charge >= 0.3 is 5.97 Å². The molecule has 0 unspecified atom stereocenters. The second kappa shape index (κ2) is 14.3. The zero-order valence-corrected chi connectivity index (χ0v) is 23.9. The third-order valence-electron chi connectivity index (χ3n) is 6.79. The van der Waals surface area contributed by atoms with Gasteiger partial charge in [-0.2, -0.15) is 0 Å². The molecule has 0 radical (unpaired) electrons. The average Bonchev–Trinajstić information content (AvgIpc) is 3.42. The fraction of sp³-hybridized carbons (Fsp3) is 0.229. The number of nitrogens with one attached hydrogen (secondary N) is 1. The fourth-order valence-electron chi connectivity index (χ4n) is 4.72. The van der Waals surface area contributed by atoms with E-state index in [1.165, 1.54) is 18.1 Å². The molecule has 7 nitrogen and oxygen atoms in total. The normalized spacial score (nSPS) is 11.0. The Morgan fingerprint density at radius 1 is 0.762 bits per heavy atom. The fourth-order valence-corrected chi connectivity index (χ4v) is 4.72. The molecule has 1 heterocycles. The molecule has 4 aromatic carbocycles. The van der Waals surface area contributed by atoms with Crippen LogP contribution in [0.3, 0.4) is 0 Å². The maximum atomic E-state index is 12.3. The maximum absolute atomic E-state index is 12.3. The zero-order valence-electron chi connectivity index (χ0n) is 23.9. The SMILES string of the molecule is CCCc1cc(Oc2ccc(OC(=O)c3ccccc3)cc2)ccc1OCCc1cc2cc(CCOOC)ccc2[nH]1. The Bertz CT molecular complexity index is 1590. The second-order valence-corrected chi connectivity index (χ2v) is 9.90. The number of hydrogen-bond donors (Lipinski definition) is 1. The number of ether oxygens (including phenoxy) is 3. The van der Waals surface area contributed by atoms with Crippen LogP contribution in [0.1, 0.15) is 40.5 Å². The van der Waals surface area contributed by atoms with Gasteiger partial charge in [-0.1, -0.05) is 37.6 Å². The number of hydrogen-bond acceptors (Lipinski definition) is 6. The van der Waals surface area contributed by atoms with Crippen molar-refractivity contribution in [3.63, 3.8) is 0 Å². The molecular formula is C35H35NO6. The Kier molecular flexibility index (Phi) is 9.88. The van der Waals surface area contributed by atoms with E-state index in [0.29, 0.717) is 30.3 Å². The highest BCUT2D eigenvalue weighted by molar-refractivity contribution is 5.91. The zero-order chi connectivity index (χ0) is 29.1. The molecule has 5 aromatic rings. The van der Waals surface area contributed by atoms with Gasteiger partial charge in [0.25, 0.3) is 0 Å². The van der Waals surface area contributed by atoms with Gasteiger partial charge in [-0.3, -0.25) is 0 Å². The minimum Gasteiger partial charge on any atom is -0.493 e. The van der Waals surface area contributed by atoms with Gasteiger partial charge in [0.2, 0.25) is 0 Å². The monoisotopic (exact) mass is 565 g/mol. The number of carbonyl (C=O) groups excluding carboxylic acids is 1. The molecule has 0 atom stereocenters. The van der Waals surface area contributed by atoms with Crippen molar-refractivity contribution >= 4 is 16.9 Å². The molecule has 0 saturated heterocycles. The predicted octanol–water partition coefficient (Wildman–Crippen LogP) is 7.87. The molecule has 1 N–H and O–H groups in total. The van der Waals surface area contributed by atoms with E-state index in [0.717, 1.165) is 54.0 Å². The standard InChI is InChI=1S/C35H35NO6/c1-3-7-27-24-32(41-30-11-13-31(14-12-30)42-35(37)26-8-5-4-6-9-26)15-17-34(27)39-20-19-29-23-28-22-25(18-21-40-38-2)10-16-33(28)36-29/h4-6,8-17,22-24,36H,3,7,18-21H2,1-2H3. The van der Waals surface area contributed by atoms with E-state index in [9.17, 15) is 4.79 Å². The Morgan fingerprint density at radius 3 is 2.33 bits per heavy atom. The first-order chi connectivity index (χ1) is 20.6. The Balaban J connectivity index is 1.17. The minimum absolute atomic E-state index is 0.396. The number of H-pyrrole nitrogens is 1. The van der Waals surface area contributed by atoms with E-state index in [4.69, 9.17) is 19.1 Å². The van der Waals surface area contributed by atoms with Crippen molar-refractivity contribution in [3.8, 4) is 23.0 Å².